The quantitative estimate of drug-likeness (QED) is 0.808. The molecular weight excluding hydrogens is 373 g/mol. The molecule has 3 rings (SSSR count). The summed E-state index contributed by atoms with van der Waals surface area (Å²) in [5.41, 5.74) is 0.599. The number of nitrogens with zero attached hydrogens (tertiary/aromatic N) is 2. The van der Waals surface area contributed by atoms with E-state index in [0.717, 1.165) is 12.8 Å². The molecule has 1 aliphatic heterocycles. The van der Waals surface area contributed by atoms with Crippen LogP contribution in [-0.2, 0) is 9.59 Å². The number of benzene rings is 2. The molecule has 1 saturated heterocycles. The average Bonchev–Trinajstić information content (AvgIpc) is 2.70. The van der Waals surface area contributed by atoms with E-state index >= 15 is 0 Å². The molecule has 1 heterocycles. The van der Waals surface area contributed by atoms with E-state index in [0.29, 0.717) is 24.4 Å². The van der Waals surface area contributed by atoms with E-state index in [-0.39, 0.29) is 24.1 Å². The smallest absolute Gasteiger partial charge is 0.247 e. The Labute approximate surface area is 170 Å². The number of carbonyl (C=O) groups excluding carboxylic acids is 2. The number of carbonyl (C=O) groups is 2. The van der Waals surface area contributed by atoms with Gasteiger partial charge in [0.05, 0.1) is 6.54 Å². The van der Waals surface area contributed by atoms with E-state index in [1.807, 2.05) is 14.1 Å². The molecule has 2 aromatic carbocycles. The normalized spacial score (nSPS) is 16.6. The Morgan fingerprint density at radius 2 is 1.86 bits per heavy atom. The van der Waals surface area contributed by atoms with Crippen molar-refractivity contribution >= 4 is 17.5 Å². The number of halogens is 1. The maximum atomic E-state index is 13.7. The lowest BCUT2D eigenvalue weighted by Crippen LogP contribution is -2.52. The molecule has 1 unspecified atom stereocenters. The summed E-state index contributed by atoms with van der Waals surface area (Å²) in [6.45, 7) is 0.881. The number of likely N-dealkylation sites (tertiary alicyclic amines) is 1. The minimum absolute atomic E-state index is 0.0384. The van der Waals surface area contributed by atoms with E-state index in [2.05, 4.69) is 5.32 Å². The van der Waals surface area contributed by atoms with Crippen LogP contribution in [0.25, 0.3) is 0 Å². The molecule has 0 radical (unpaired) electrons. The largest absolute Gasteiger partial charge is 0.454 e. The number of nitrogens with one attached hydrogen (secondary N) is 1. The van der Waals surface area contributed by atoms with Crippen LogP contribution in [0.1, 0.15) is 19.3 Å². The summed E-state index contributed by atoms with van der Waals surface area (Å²) in [4.78, 5) is 28.7. The van der Waals surface area contributed by atoms with Gasteiger partial charge in [0.1, 0.15) is 11.8 Å². The molecule has 2 aromatic rings. The third-order valence-electron chi connectivity index (χ3n) is 4.76. The van der Waals surface area contributed by atoms with Gasteiger partial charge in [-0.1, -0.05) is 12.1 Å². The molecule has 0 bridgehead atoms. The molecular formula is C22H26FN3O3. The monoisotopic (exact) mass is 399 g/mol. The van der Waals surface area contributed by atoms with Crippen LogP contribution in [0.3, 0.4) is 0 Å². The van der Waals surface area contributed by atoms with Gasteiger partial charge in [-0.3, -0.25) is 9.59 Å². The Balaban J connectivity index is 1.63. The number of amides is 2. The van der Waals surface area contributed by atoms with Crippen LogP contribution < -0.4 is 10.1 Å². The van der Waals surface area contributed by atoms with Crippen LogP contribution in [0.2, 0.25) is 0 Å². The summed E-state index contributed by atoms with van der Waals surface area (Å²) in [7, 11) is 3.67. The lowest BCUT2D eigenvalue weighted by Gasteiger charge is -2.35. The zero-order chi connectivity index (χ0) is 20.8. The van der Waals surface area contributed by atoms with Crippen molar-refractivity contribution in [3.8, 4) is 11.5 Å². The predicted molar refractivity (Wildman–Crippen MR) is 109 cm³/mol. The van der Waals surface area contributed by atoms with E-state index < -0.39 is 11.9 Å². The minimum Gasteiger partial charge on any atom is -0.454 e. The second kappa shape index (κ2) is 9.52. The predicted octanol–water partition coefficient (Wildman–Crippen LogP) is 3.50. The molecule has 29 heavy (non-hydrogen) atoms. The van der Waals surface area contributed by atoms with E-state index in [1.54, 1.807) is 52.3 Å². The highest BCUT2D eigenvalue weighted by atomic mass is 19.1. The molecule has 1 N–H and O–H groups in total. The second-order valence-corrected chi connectivity index (χ2v) is 7.38. The summed E-state index contributed by atoms with van der Waals surface area (Å²) in [6, 6.07) is 12.4. The lowest BCUT2D eigenvalue weighted by molar-refractivity contribution is -0.140. The molecule has 0 saturated carbocycles. The Morgan fingerprint density at radius 3 is 2.55 bits per heavy atom. The van der Waals surface area contributed by atoms with Crippen LogP contribution >= 0.6 is 0 Å². The first-order valence-corrected chi connectivity index (χ1v) is 9.71. The molecule has 1 aliphatic rings. The molecule has 0 spiro atoms. The fourth-order valence-electron chi connectivity index (χ4n) is 3.35. The van der Waals surface area contributed by atoms with Crippen LogP contribution in [0.4, 0.5) is 10.1 Å². The Bertz CT molecular complexity index is 855. The summed E-state index contributed by atoms with van der Waals surface area (Å²) in [5, 5.41) is 2.88. The van der Waals surface area contributed by atoms with Crippen molar-refractivity contribution in [3.05, 3.63) is 54.3 Å². The highest BCUT2D eigenvalue weighted by molar-refractivity contribution is 5.97. The van der Waals surface area contributed by atoms with E-state index in [4.69, 9.17) is 4.74 Å². The first-order chi connectivity index (χ1) is 13.9. The van der Waals surface area contributed by atoms with Crippen molar-refractivity contribution in [1.29, 1.82) is 0 Å². The average molecular weight is 399 g/mol. The fraction of sp³-hybridized carbons (Fsp3) is 0.364. The van der Waals surface area contributed by atoms with Crippen molar-refractivity contribution < 1.29 is 18.7 Å². The Hall–Kier alpha value is -2.93. The molecule has 0 aromatic heterocycles. The third-order valence-corrected chi connectivity index (χ3v) is 4.76. The topological polar surface area (TPSA) is 61.9 Å². The Morgan fingerprint density at radius 1 is 1.14 bits per heavy atom. The van der Waals surface area contributed by atoms with Crippen LogP contribution in [-0.4, -0.2) is 54.8 Å². The standard InChI is InChI=1S/C22H26FN3O3/c1-25(2)15-21(27)26-14-6-5-8-19(26)22(28)24-16-10-12-17(13-11-16)29-20-9-4-3-7-18(20)23/h3-4,7,9-13,19H,5-6,8,14-15H2,1-2H3,(H,24,28). The van der Waals surface area contributed by atoms with Gasteiger partial charge in [0, 0.05) is 12.2 Å². The van der Waals surface area contributed by atoms with Gasteiger partial charge in [0.2, 0.25) is 11.8 Å². The number of piperidine rings is 1. The van der Waals surface area contributed by atoms with Gasteiger partial charge in [-0.15, -0.1) is 0 Å². The van der Waals surface area contributed by atoms with Gasteiger partial charge in [-0.25, -0.2) is 4.39 Å². The number of ether oxygens (including phenoxy) is 1. The molecule has 2 amide bonds. The molecule has 6 nitrogen and oxygen atoms in total. The minimum atomic E-state index is -0.467. The van der Waals surface area contributed by atoms with Gasteiger partial charge in [0.15, 0.2) is 11.6 Å². The highest BCUT2D eigenvalue weighted by Crippen LogP contribution is 2.26. The van der Waals surface area contributed by atoms with Crippen molar-refractivity contribution in [2.45, 2.75) is 25.3 Å². The summed E-state index contributed by atoms with van der Waals surface area (Å²) < 4.78 is 19.2. The zero-order valence-corrected chi connectivity index (χ0v) is 16.7. The molecule has 1 atom stereocenters. The fourth-order valence-corrected chi connectivity index (χ4v) is 3.35. The van der Waals surface area contributed by atoms with Crippen molar-refractivity contribution in [2.75, 3.05) is 32.5 Å². The Kier molecular flexibility index (Phi) is 6.82. The summed E-state index contributed by atoms with van der Waals surface area (Å²) in [5.74, 6) is -0.0668. The van der Waals surface area contributed by atoms with E-state index in [1.165, 1.54) is 6.07 Å². The second-order valence-electron chi connectivity index (χ2n) is 7.38. The maximum Gasteiger partial charge on any atom is 0.247 e. The first kappa shape index (κ1) is 20.8. The first-order valence-electron chi connectivity index (χ1n) is 9.71. The number of hydrogen-bond donors (Lipinski definition) is 1. The van der Waals surface area contributed by atoms with Gasteiger partial charge in [-0.2, -0.15) is 0 Å². The van der Waals surface area contributed by atoms with Crippen molar-refractivity contribution in [3.63, 3.8) is 0 Å². The van der Waals surface area contributed by atoms with Gasteiger partial charge in [0.25, 0.3) is 0 Å². The molecule has 0 aliphatic carbocycles. The lowest BCUT2D eigenvalue weighted by atomic mass is 10.0. The number of anilines is 1. The number of para-hydroxylation sites is 1. The van der Waals surface area contributed by atoms with Gasteiger partial charge >= 0.3 is 0 Å². The summed E-state index contributed by atoms with van der Waals surface area (Å²) >= 11 is 0. The third kappa shape index (κ3) is 5.54. The molecule has 7 heteroatoms. The van der Waals surface area contributed by atoms with Crippen molar-refractivity contribution in [1.82, 2.24) is 9.80 Å². The van der Waals surface area contributed by atoms with Crippen LogP contribution in [0.15, 0.2) is 48.5 Å². The van der Waals surface area contributed by atoms with Crippen LogP contribution in [0.5, 0.6) is 11.5 Å². The summed E-state index contributed by atoms with van der Waals surface area (Å²) in [6.07, 6.45) is 2.48. The SMILES string of the molecule is CN(C)CC(=O)N1CCCCC1C(=O)Nc1ccc(Oc2ccccc2F)cc1. The van der Waals surface area contributed by atoms with Gasteiger partial charge < -0.3 is 19.9 Å². The van der Waals surface area contributed by atoms with E-state index in [9.17, 15) is 14.0 Å². The molecule has 154 valence electrons. The number of likely N-dealkylation sites (N-methyl/N-ethyl adjacent to an activating group) is 1. The molecule has 1 fully saturated rings. The number of hydrogen-bond acceptors (Lipinski definition) is 4. The maximum absolute atomic E-state index is 13.7. The highest BCUT2D eigenvalue weighted by Gasteiger charge is 2.32. The van der Waals surface area contributed by atoms with Crippen LogP contribution in [0, 0.1) is 5.82 Å². The zero-order valence-electron chi connectivity index (χ0n) is 16.7. The van der Waals surface area contributed by atoms with Gasteiger partial charge in [-0.05, 0) is 69.8 Å². The van der Waals surface area contributed by atoms with Crippen molar-refractivity contribution in [2.24, 2.45) is 0 Å². The number of rotatable bonds is 6.